The first kappa shape index (κ1) is 24.4. The summed E-state index contributed by atoms with van der Waals surface area (Å²) < 4.78 is 40.2. The van der Waals surface area contributed by atoms with Crippen LogP contribution in [0, 0.1) is 5.95 Å². The fourth-order valence-electron chi connectivity index (χ4n) is 5.54. The number of aliphatic imine (C=N–C) groups is 1. The highest BCUT2D eigenvalue weighted by Crippen LogP contribution is 2.35. The van der Waals surface area contributed by atoms with Gasteiger partial charge in [-0.1, -0.05) is 11.6 Å². The SMILES string of the molecule is CN=Cc1ccc(N2CCC(c3nnc4n3-c3ccc(Cl)cc3CN(C3CS(=O)(=O)C3)C4)CC2)nc1F. The summed E-state index contributed by atoms with van der Waals surface area (Å²) in [6.07, 6.45) is 3.12. The maximum atomic E-state index is 14.4. The minimum atomic E-state index is -2.95. The van der Waals surface area contributed by atoms with Crippen LogP contribution in [-0.4, -0.2) is 77.0 Å². The van der Waals surface area contributed by atoms with Gasteiger partial charge in [0.2, 0.25) is 5.95 Å². The standard InChI is InChI=1S/C25H27ClFN7O2S/c1-28-11-17-2-5-22(29-24(17)27)32-8-6-16(7-9-32)25-31-30-23-13-33(20-14-37(35,36)15-20)12-18-10-19(26)3-4-21(18)34(23)25/h2-5,10-11,16,20H,6-9,12-15H2,1H3. The second-order valence-electron chi connectivity index (χ2n) is 9.92. The predicted octanol–water partition coefficient (Wildman–Crippen LogP) is 3.00. The first-order valence-corrected chi connectivity index (χ1v) is 14.5. The van der Waals surface area contributed by atoms with Crippen molar-refractivity contribution < 1.29 is 12.8 Å². The van der Waals surface area contributed by atoms with Crippen LogP contribution in [0.3, 0.4) is 0 Å². The lowest BCUT2D eigenvalue weighted by Crippen LogP contribution is -2.52. The lowest BCUT2D eigenvalue weighted by atomic mass is 9.95. The van der Waals surface area contributed by atoms with Crippen molar-refractivity contribution in [2.75, 3.05) is 36.5 Å². The van der Waals surface area contributed by atoms with Crippen LogP contribution in [0.2, 0.25) is 5.02 Å². The van der Waals surface area contributed by atoms with Gasteiger partial charge in [0.15, 0.2) is 15.7 Å². The Morgan fingerprint density at radius 1 is 1.11 bits per heavy atom. The summed E-state index contributed by atoms with van der Waals surface area (Å²) in [6, 6.07) is 9.32. The summed E-state index contributed by atoms with van der Waals surface area (Å²) in [4.78, 5) is 12.3. The molecule has 2 saturated heterocycles. The first-order valence-electron chi connectivity index (χ1n) is 12.3. The summed E-state index contributed by atoms with van der Waals surface area (Å²) in [7, 11) is -1.35. The molecule has 0 N–H and O–H groups in total. The summed E-state index contributed by atoms with van der Waals surface area (Å²) in [5, 5.41) is 9.82. The van der Waals surface area contributed by atoms with Gasteiger partial charge >= 0.3 is 0 Å². The average molecular weight is 544 g/mol. The highest BCUT2D eigenvalue weighted by atomic mass is 35.5. The minimum Gasteiger partial charge on any atom is -0.356 e. The zero-order valence-corrected chi connectivity index (χ0v) is 22.0. The maximum absolute atomic E-state index is 14.4. The molecular weight excluding hydrogens is 517 g/mol. The van der Waals surface area contributed by atoms with Gasteiger partial charge in [0.05, 0.1) is 23.7 Å². The van der Waals surface area contributed by atoms with E-state index < -0.39 is 15.8 Å². The summed E-state index contributed by atoms with van der Waals surface area (Å²) >= 11 is 6.35. The fourth-order valence-corrected chi connectivity index (χ4v) is 7.23. The van der Waals surface area contributed by atoms with Crippen molar-refractivity contribution in [1.29, 1.82) is 0 Å². The number of sulfone groups is 1. The predicted molar refractivity (Wildman–Crippen MR) is 140 cm³/mol. The fraction of sp³-hybridized carbons (Fsp3) is 0.440. The number of aromatic nitrogens is 4. The minimum absolute atomic E-state index is 0.0327. The Kier molecular flexibility index (Phi) is 6.24. The average Bonchev–Trinajstić information content (AvgIpc) is 3.20. The molecule has 3 aliphatic rings. The van der Waals surface area contributed by atoms with E-state index in [0.717, 1.165) is 48.8 Å². The van der Waals surface area contributed by atoms with Gasteiger partial charge in [-0.25, -0.2) is 13.4 Å². The molecule has 9 nitrogen and oxygen atoms in total. The van der Waals surface area contributed by atoms with Gasteiger partial charge in [-0.3, -0.25) is 14.5 Å². The third kappa shape index (κ3) is 4.64. The number of halogens is 2. The smallest absolute Gasteiger partial charge is 0.223 e. The van der Waals surface area contributed by atoms with Crippen LogP contribution in [0.25, 0.3) is 5.69 Å². The van der Waals surface area contributed by atoms with E-state index >= 15 is 0 Å². The van der Waals surface area contributed by atoms with E-state index in [9.17, 15) is 12.8 Å². The Labute approximate surface area is 219 Å². The van der Waals surface area contributed by atoms with Crippen molar-refractivity contribution in [3.63, 3.8) is 0 Å². The van der Waals surface area contributed by atoms with Gasteiger partial charge in [0.25, 0.3) is 0 Å². The monoisotopic (exact) mass is 543 g/mol. The molecule has 3 aliphatic heterocycles. The molecule has 2 fully saturated rings. The lowest BCUT2D eigenvalue weighted by Gasteiger charge is -2.35. The summed E-state index contributed by atoms with van der Waals surface area (Å²) in [5.74, 6) is 2.32. The van der Waals surface area contributed by atoms with E-state index in [0.29, 0.717) is 29.5 Å². The van der Waals surface area contributed by atoms with E-state index in [1.165, 1.54) is 6.21 Å². The number of fused-ring (bicyclic) bond motifs is 3. The van der Waals surface area contributed by atoms with Gasteiger partial charge in [-0.2, -0.15) is 4.39 Å². The van der Waals surface area contributed by atoms with Gasteiger partial charge in [-0.15, -0.1) is 10.2 Å². The van der Waals surface area contributed by atoms with Crippen molar-refractivity contribution in [3.05, 3.63) is 64.1 Å². The van der Waals surface area contributed by atoms with Crippen LogP contribution >= 0.6 is 11.6 Å². The topological polar surface area (TPSA) is 96.6 Å². The molecule has 1 aromatic carbocycles. The highest BCUT2D eigenvalue weighted by Gasteiger charge is 2.40. The second kappa shape index (κ2) is 9.45. The van der Waals surface area contributed by atoms with Gasteiger partial charge in [0.1, 0.15) is 11.6 Å². The molecule has 194 valence electrons. The van der Waals surface area contributed by atoms with Crippen molar-refractivity contribution in [2.24, 2.45) is 4.99 Å². The lowest BCUT2D eigenvalue weighted by molar-refractivity contribution is 0.193. The zero-order valence-electron chi connectivity index (χ0n) is 20.4. The van der Waals surface area contributed by atoms with E-state index in [2.05, 4.69) is 34.5 Å². The van der Waals surface area contributed by atoms with E-state index in [4.69, 9.17) is 11.6 Å². The first-order chi connectivity index (χ1) is 17.8. The number of hydrogen-bond acceptors (Lipinski definition) is 8. The third-order valence-electron chi connectivity index (χ3n) is 7.48. The molecule has 6 rings (SSSR count). The molecule has 0 atom stereocenters. The molecule has 0 saturated carbocycles. The molecule has 0 unspecified atom stereocenters. The van der Waals surface area contributed by atoms with Gasteiger partial charge in [0, 0.05) is 55.4 Å². The molecule has 2 aromatic heterocycles. The van der Waals surface area contributed by atoms with E-state index in [1.54, 1.807) is 13.1 Å². The number of hydrogen-bond donors (Lipinski definition) is 0. The van der Waals surface area contributed by atoms with Crippen LogP contribution < -0.4 is 4.90 Å². The van der Waals surface area contributed by atoms with Crippen LogP contribution in [0.4, 0.5) is 10.2 Å². The molecule has 0 radical (unpaired) electrons. The molecule has 37 heavy (non-hydrogen) atoms. The molecule has 0 aliphatic carbocycles. The Bertz CT molecular complexity index is 1470. The third-order valence-corrected chi connectivity index (χ3v) is 9.50. The maximum Gasteiger partial charge on any atom is 0.223 e. The number of benzene rings is 1. The number of pyridine rings is 1. The molecule has 0 bridgehead atoms. The van der Waals surface area contributed by atoms with Crippen molar-refractivity contribution >= 4 is 33.5 Å². The summed E-state index contributed by atoms with van der Waals surface area (Å²) in [5.41, 5.74) is 2.40. The Morgan fingerprint density at radius 2 is 1.89 bits per heavy atom. The molecule has 0 spiro atoms. The molecular formula is C25H27ClFN7O2S. The molecule has 3 aromatic rings. The largest absolute Gasteiger partial charge is 0.356 e. The van der Waals surface area contributed by atoms with Crippen LogP contribution in [-0.2, 0) is 22.9 Å². The molecule has 5 heterocycles. The second-order valence-corrected chi connectivity index (χ2v) is 12.5. The van der Waals surface area contributed by atoms with Crippen LogP contribution in [0.15, 0.2) is 35.3 Å². The number of rotatable bonds is 4. The Hall–Kier alpha value is -2.89. The molecule has 12 heteroatoms. The van der Waals surface area contributed by atoms with Crippen molar-refractivity contribution in [2.45, 2.75) is 37.9 Å². The van der Waals surface area contributed by atoms with E-state index in [-0.39, 0.29) is 23.5 Å². The Balaban J connectivity index is 1.26. The number of anilines is 1. The van der Waals surface area contributed by atoms with Crippen molar-refractivity contribution in [3.8, 4) is 5.69 Å². The normalized spacial score (nSPS) is 20.5. The van der Waals surface area contributed by atoms with Crippen LogP contribution in [0.5, 0.6) is 0 Å². The highest BCUT2D eigenvalue weighted by molar-refractivity contribution is 7.92. The molecule has 0 amide bonds. The van der Waals surface area contributed by atoms with Crippen molar-refractivity contribution in [1.82, 2.24) is 24.6 Å². The summed E-state index contributed by atoms with van der Waals surface area (Å²) in [6.45, 7) is 2.57. The van der Waals surface area contributed by atoms with Crippen LogP contribution in [0.1, 0.15) is 41.5 Å². The number of piperidine rings is 1. The van der Waals surface area contributed by atoms with Gasteiger partial charge < -0.3 is 4.90 Å². The van der Waals surface area contributed by atoms with Gasteiger partial charge in [-0.05, 0) is 48.7 Å². The van der Waals surface area contributed by atoms with E-state index in [1.807, 2.05) is 24.3 Å². The zero-order chi connectivity index (χ0) is 25.7. The quantitative estimate of drug-likeness (QED) is 0.368. The Morgan fingerprint density at radius 3 is 2.59 bits per heavy atom. The number of nitrogens with zero attached hydrogens (tertiary/aromatic N) is 7.